The van der Waals surface area contributed by atoms with Crippen LogP contribution in [0.3, 0.4) is 0 Å². The van der Waals surface area contributed by atoms with Crippen LogP contribution >= 0.6 is 11.8 Å². The third-order valence-corrected chi connectivity index (χ3v) is 4.17. The van der Waals surface area contributed by atoms with Crippen LogP contribution in [0.5, 0.6) is 0 Å². The van der Waals surface area contributed by atoms with Gasteiger partial charge in [-0.15, -0.1) is 0 Å². The molecule has 1 N–H and O–H groups in total. The lowest BCUT2D eigenvalue weighted by atomic mass is 10.1. The molecular formula is C14H23N3OS. The van der Waals surface area contributed by atoms with Crippen LogP contribution in [0.25, 0.3) is 0 Å². The number of thioether (sulfide) groups is 1. The van der Waals surface area contributed by atoms with Crippen LogP contribution < -0.4 is 5.32 Å². The molecule has 2 heterocycles. The highest BCUT2D eigenvalue weighted by Crippen LogP contribution is 2.37. The number of nitrogens with zero attached hydrogens (tertiary/aromatic N) is 2. The zero-order chi connectivity index (χ0) is 14.0. The Morgan fingerprint density at radius 3 is 2.79 bits per heavy atom. The van der Waals surface area contributed by atoms with Crippen molar-refractivity contribution in [1.82, 2.24) is 9.78 Å². The summed E-state index contributed by atoms with van der Waals surface area (Å²) in [6.45, 7) is 8.44. The molecule has 1 aliphatic heterocycles. The summed E-state index contributed by atoms with van der Waals surface area (Å²) in [6, 6.07) is 0. The van der Waals surface area contributed by atoms with E-state index in [9.17, 15) is 4.79 Å². The Hall–Kier alpha value is -0.970. The first-order valence-electron chi connectivity index (χ1n) is 6.92. The smallest absolute Gasteiger partial charge is 0.225 e. The maximum Gasteiger partial charge on any atom is 0.225 e. The lowest BCUT2D eigenvalue weighted by Gasteiger charge is -2.23. The fraction of sp³-hybridized carbons (Fsp3) is 0.714. The van der Waals surface area contributed by atoms with Gasteiger partial charge in [0.2, 0.25) is 5.91 Å². The molecule has 0 aromatic carbocycles. The molecule has 1 aliphatic rings. The molecule has 0 aliphatic carbocycles. The standard InChI is InChI=1S/C14H23N3OS/c1-5-6-7-12(18)15-13-10-8-19-9-11(10)16-17(13)14(2,3)4/h5-9H2,1-4H3,(H,15,18). The van der Waals surface area contributed by atoms with Crippen molar-refractivity contribution in [3.63, 3.8) is 0 Å². The van der Waals surface area contributed by atoms with Crippen molar-refractivity contribution in [3.8, 4) is 0 Å². The second kappa shape index (κ2) is 5.57. The van der Waals surface area contributed by atoms with E-state index in [1.807, 2.05) is 16.4 Å². The minimum atomic E-state index is -0.109. The van der Waals surface area contributed by atoms with Crippen LogP contribution in [0.4, 0.5) is 5.82 Å². The van der Waals surface area contributed by atoms with Gasteiger partial charge in [-0.25, -0.2) is 4.68 Å². The average Bonchev–Trinajstić information content (AvgIpc) is 2.88. The summed E-state index contributed by atoms with van der Waals surface area (Å²) in [5.41, 5.74) is 2.23. The molecule has 0 atom stereocenters. The first-order valence-corrected chi connectivity index (χ1v) is 8.07. The Balaban J connectivity index is 2.25. The maximum atomic E-state index is 12.0. The molecule has 1 amide bonds. The molecule has 0 spiro atoms. The highest BCUT2D eigenvalue weighted by atomic mass is 32.2. The molecule has 0 radical (unpaired) electrons. The van der Waals surface area contributed by atoms with Gasteiger partial charge in [-0.2, -0.15) is 16.9 Å². The lowest BCUT2D eigenvalue weighted by Crippen LogP contribution is -2.27. The molecule has 0 fully saturated rings. The lowest BCUT2D eigenvalue weighted by molar-refractivity contribution is -0.116. The highest BCUT2D eigenvalue weighted by Gasteiger charge is 2.28. The van der Waals surface area contributed by atoms with Crippen molar-refractivity contribution < 1.29 is 4.79 Å². The molecule has 5 heteroatoms. The third kappa shape index (κ3) is 3.14. The Kier molecular flexibility index (Phi) is 4.23. The van der Waals surface area contributed by atoms with Gasteiger partial charge < -0.3 is 5.32 Å². The van der Waals surface area contributed by atoms with Crippen molar-refractivity contribution in [2.75, 3.05) is 5.32 Å². The van der Waals surface area contributed by atoms with E-state index in [2.05, 4.69) is 38.1 Å². The van der Waals surface area contributed by atoms with E-state index in [0.717, 1.165) is 35.9 Å². The fourth-order valence-corrected chi connectivity index (χ4v) is 3.19. The molecule has 1 aromatic rings. The second-order valence-corrected chi connectivity index (χ2v) is 6.99. The van der Waals surface area contributed by atoms with E-state index in [-0.39, 0.29) is 11.4 Å². The number of hydrogen-bond acceptors (Lipinski definition) is 3. The predicted molar refractivity (Wildman–Crippen MR) is 80.4 cm³/mol. The molecule has 19 heavy (non-hydrogen) atoms. The first-order chi connectivity index (χ1) is 8.93. The number of amides is 1. The van der Waals surface area contributed by atoms with E-state index in [1.54, 1.807) is 0 Å². The fourth-order valence-electron chi connectivity index (χ4n) is 2.16. The molecule has 0 unspecified atom stereocenters. The number of unbranched alkanes of at least 4 members (excludes halogenated alkanes) is 1. The summed E-state index contributed by atoms with van der Waals surface area (Å²) in [4.78, 5) is 12.0. The van der Waals surface area contributed by atoms with Gasteiger partial charge >= 0.3 is 0 Å². The van der Waals surface area contributed by atoms with Crippen LogP contribution in [-0.4, -0.2) is 15.7 Å². The Bertz CT molecular complexity index is 474. The van der Waals surface area contributed by atoms with Crippen molar-refractivity contribution in [2.24, 2.45) is 0 Å². The van der Waals surface area contributed by atoms with Gasteiger partial charge in [0.05, 0.1) is 11.2 Å². The quantitative estimate of drug-likeness (QED) is 0.918. The van der Waals surface area contributed by atoms with E-state index < -0.39 is 0 Å². The molecular weight excluding hydrogens is 258 g/mol. The maximum absolute atomic E-state index is 12.0. The van der Waals surface area contributed by atoms with Crippen molar-refractivity contribution in [1.29, 1.82) is 0 Å². The average molecular weight is 281 g/mol. The molecule has 1 aromatic heterocycles. The number of carbonyl (C=O) groups is 1. The van der Waals surface area contributed by atoms with E-state index in [4.69, 9.17) is 0 Å². The topological polar surface area (TPSA) is 46.9 Å². The van der Waals surface area contributed by atoms with Crippen molar-refractivity contribution in [2.45, 2.75) is 64.0 Å². The molecule has 4 nitrogen and oxygen atoms in total. The summed E-state index contributed by atoms with van der Waals surface area (Å²) < 4.78 is 1.97. The van der Waals surface area contributed by atoms with Crippen molar-refractivity contribution in [3.05, 3.63) is 11.3 Å². The number of nitrogens with one attached hydrogen (secondary N) is 1. The number of aromatic nitrogens is 2. The zero-order valence-corrected chi connectivity index (χ0v) is 13.1. The largest absolute Gasteiger partial charge is 0.311 e. The molecule has 2 rings (SSSR count). The molecule has 0 saturated heterocycles. The summed E-state index contributed by atoms with van der Waals surface area (Å²) in [5, 5.41) is 7.76. The summed E-state index contributed by atoms with van der Waals surface area (Å²) >= 11 is 1.86. The normalized spacial score (nSPS) is 14.5. The number of anilines is 1. The minimum absolute atomic E-state index is 0.104. The molecule has 0 saturated carbocycles. The van der Waals surface area contributed by atoms with Gasteiger partial charge in [0, 0.05) is 23.5 Å². The van der Waals surface area contributed by atoms with Gasteiger partial charge in [-0.1, -0.05) is 13.3 Å². The SMILES string of the molecule is CCCCC(=O)Nc1c2c(nn1C(C)(C)C)CSC2. The third-order valence-electron chi connectivity index (χ3n) is 3.20. The van der Waals surface area contributed by atoms with Crippen LogP contribution in [0.1, 0.15) is 58.2 Å². The Labute approximate surface area is 119 Å². The molecule has 0 bridgehead atoms. The van der Waals surface area contributed by atoms with Crippen LogP contribution in [0, 0.1) is 0 Å². The Morgan fingerprint density at radius 1 is 1.42 bits per heavy atom. The van der Waals surface area contributed by atoms with Crippen molar-refractivity contribution >= 4 is 23.5 Å². The second-order valence-electron chi connectivity index (χ2n) is 6.00. The Morgan fingerprint density at radius 2 is 2.16 bits per heavy atom. The highest BCUT2D eigenvalue weighted by molar-refractivity contribution is 7.98. The zero-order valence-electron chi connectivity index (χ0n) is 12.2. The summed E-state index contributed by atoms with van der Waals surface area (Å²) in [5.74, 6) is 2.92. The van der Waals surface area contributed by atoms with E-state index in [0.29, 0.717) is 6.42 Å². The van der Waals surface area contributed by atoms with E-state index in [1.165, 1.54) is 5.56 Å². The predicted octanol–water partition coefficient (Wildman–Crippen LogP) is 3.51. The van der Waals surface area contributed by atoms with Crippen LogP contribution in [-0.2, 0) is 21.8 Å². The molecule has 106 valence electrons. The van der Waals surface area contributed by atoms with Crippen LogP contribution in [0.2, 0.25) is 0 Å². The number of rotatable bonds is 4. The number of hydrogen-bond donors (Lipinski definition) is 1. The number of fused-ring (bicyclic) bond motifs is 1. The number of carbonyl (C=O) groups excluding carboxylic acids is 1. The van der Waals surface area contributed by atoms with Gasteiger partial charge in [-0.05, 0) is 27.2 Å². The van der Waals surface area contributed by atoms with E-state index >= 15 is 0 Å². The van der Waals surface area contributed by atoms with Gasteiger partial charge in [0.15, 0.2) is 0 Å². The van der Waals surface area contributed by atoms with Crippen LogP contribution in [0.15, 0.2) is 0 Å². The van der Waals surface area contributed by atoms with Gasteiger partial charge in [0.1, 0.15) is 5.82 Å². The summed E-state index contributed by atoms with van der Waals surface area (Å²) in [6.07, 6.45) is 2.57. The van der Waals surface area contributed by atoms with Gasteiger partial charge in [-0.3, -0.25) is 4.79 Å². The monoisotopic (exact) mass is 281 g/mol. The van der Waals surface area contributed by atoms with Gasteiger partial charge in [0.25, 0.3) is 0 Å². The minimum Gasteiger partial charge on any atom is -0.311 e. The summed E-state index contributed by atoms with van der Waals surface area (Å²) in [7, 11) is 0. The first kappa shape index (κ1) is 14.4.